The van der Waals surface area contributed by atoms with Crippen LogP contribution in [-0.2, 0) is 0 Å². The Morgan fingerprint density at radius 3 is 2.23 bits per heavy atom. The zero-order valence-corrected chi connectivity index (χ0v) is 16.2. The van der Waals surface area contributed by atoms with E-state index in [0.717, 1.165) is 12.1 Å². The number of amides is 1. The number of aromatic nitrogens is 2. The van der Waals surface area contributed by atoms with Gasteiger partial charge in [0.1, 0.15) is 0 Å². The fourth-order valence-corrected chi connectivity index (χ4v) is 4.21. The summed E-state index contributed by atoms with van der Waals surface area (Å²) in [6.07, 6.45) is 0.445. The van der Waals surface area contributed by atoms with Crippen molar-refractivity contribution in [3.8, 4) is 0 Å². The monoisotopic (exact) mass is 417 g/mol. The van der Waals surface area contributed by atoms with Crippen LogP contribution < -0.4 is 11.1 Å². The molecule has 2 N–H and O–H groups in total. The highest BCUT2D eigenvalue weighted by atomic mass is 19.2. The molecule has 4 rings (SSSR count). The van der Waals surface area contributed by atoms with Crippen LogP contribution in [0.5, 0.6) is 0 Å². The summed E-state index contributed by atoms with van der Waals surface area (Å²) in [5, 5.41) is 0. The summed E-state index contributed by atoms with van der Waals surface area (Å²) in [4.78, 5) is 42.6. The lowest BCUT2D eigenvalue weighted by Gasteiger charge is -2.36. The second-order valence-electron chi connectivity index (χ2n) is 7.92. The second-order valence-corrected chi connectivity index (χ2v) is 7.92. The number of benzene rings is 2. The maximum Gasteiger partial charge on any atom is 0.314 e. The van der Waals surface area contributed by atoms with E-state index in [1.54, 1.807) is 18.7 Å². The zero-order chi connectivity index (χ0) is 21.8. The Bertz CT molecular complexity index is 1270. The average Bonchev–Trinajstić information content (AvgIpc) is 3.00. The molecule has 0 spiro atoms. The number of hydrogen-bond acceptors (Lipinski definition) is 3. The van der Waals surface area contributed by atoms with Crippen LogP contribution in [0, 0.1) is 17.5 Å². The third-order valence-corrected chi connectivity index (χ3v) is 5.81. The number of halogens is 3. The molecule has 1 aliphatic rings. The molecule has 1 aromatic heterocycles. The molecule has 1 amide bonds. The van der Waals surface area contributed by atoms with E-state index >= 15 is 0 Å². The van der Waals surface area contributed by atoms with Crippen molar-refractivity contribution >= 4 is 16.9 Å². The SMILES string of the molecule is CC1(C)C(c2cc(F)c(F)c(F)c2)CCN1C(=O)c1ccc2[nH]c(=O)c(=O)[nH]c2c1. The fourth-order valence-electron chi connectivity index (χ4n) is 4.21. The minimum absolute atomic E-state index is 0.284. The molecule has 2 aromatic carbocycles. The molecule has 1 unspecified atom stereocenters. The molecule has 0 aliphatic carbocycles. The summed E-state index contributed by atoms with van der Waals surface area (Å²) in [7, 11) is 0. The van der Waals surface area contributed by atoms with Gasteiger partial charge in [-0.05, 0) is 56.2 Å². The number of likely N-dealkylation sites (tertiary alicyclic amines) is 1. The van der Waals surface area contributed by atoms with E-state index in [1.807, 2.05) is 0 Å². The van der Waals surface area contributed by atoms with Crippen LogP contribution in [0.4, 0.5) is 13.2 Å². The van der Waals surface area contributed by atoms with Crippen molar-refractivity contribution in [3.63, 3.8) is 0 Å². The number of fused-ring (bicyclic) bond motifs is 1. The minimum atomic E-state index is -1.52. The molecule has 1 fully saturated rings. The Morgan fingerprint density at radius 2 is 1.60 bits per heavy atom. The highest BCUT2D eigenvalue weighted by molar-refractivity contribution is 5.97. The number of hydrogen-bond donors (Lipinski definition) is 2. The first-order valence-corrected chi connectivity index (χ1v) is 9.32. The van der Waals surface area contributed by atoms with Crippen molar-refractivity contribution in [1.82, 2.24) is 14.9 Å². The molecule has 1 saturated heterocycles. The quantitative estimate of drug-likeness (QED) is 0.497. The molecule has 3 aromatic rings. The molecule has 0 radical (unpaired) electrons. The summed E-state index contributed by atoms with van der Waals surface area (Å²) in [5.41, 5.74) is -1.16. The molecule has 0 bridgehead atoms. The topological polar surface area (TPSA) is 86.0 Å². The largest absolute Gasteiger partial charge is 0.333 e. The molecule has 0 saturated carbocycles. The molecule has 1 aliphatic heterocycles. The Labute approximate surface area is 168 Å². The Hall–Kier alpha value is -3.36. The van der Waals surface area contributed by atoms with Crippen molar-refractivity contribution in [2.75, 3.05) is 6.54 Å². The third-order valence-electron chi connectivity index (χ3n) is 5.81. The number of carbonyl (C=O) groups excluding carboxylic acids is 1. The van der Waals surface area contributed by atoms with Crippen LogP contribution in [0.1, 0.15) is 42.1 Å². The van der Waals surface area contributed by atoms with Gasteiger partial charge in [0.25, 0.3) is 5.91 Å². The van der Waals surface area contributed by atoms with Gasteiger partial charge < -0.3 is 14.9 Å². The van der Waals surface area contributed by atoms with Crippen LogP contribution in [0.2, 0.25) is 0 Å². The van der Waals surface area contributed by atoms with Crippen LogP contribution in [0.3, 0.4) is 0 Å². The normalized spacial score (nSPS) is 18.2. The maximum atomic E-state index is 13.7. The summed E-state index contributed by atoms with van der Waals surface area (Å²) >= 11 is 0. The molecule has 9 heteroatoms. The molecular weight excluding hydrogens is 399 g/mol. The smallest absolute Gasteiger partial charge is 0.314 e. The van der Waals surface area contributed by atoms with E-state index in [2.05, 4.69) is 9.97 Å². The van der Waals surface area contributed by atoms with Crippen molar-refractivity contribution in [1.29, 1.82) is 0 Å². The predicted octanol–water partition coefficient (Wildman–Crippen LogP) is 3.04. The van der Waals surface area contributed by atoms with Crippen molar-refractivity contribution in [2.24, 2.45) is 0 Å². The minimum Gasteiger partial charge on any atom is -0.333 e. The predicted molar refractivity (Wildman–Crippen MR) is 104 cm³/mol. The van der Waals surface area contributed by atoms with E-state index in [-0.39, 0.29) is 17.0 Å². The van der Waals surface area contributed by atoms with E-state index in [9.17, 15) is 27.6 Å². The molecule has 30 heavy (non-hydrogen) atoms. The lowest BCUT2D eigenvalue weighted by Crippen LogP contribution is -2.45. The van der Waals surface area contributed by atoms with Crippen LogP contribution in [0.25, 0.3) is 11.0 Å². The average molecular weight is 417 g/mol. The van der Waals surface area contributed by atoms with Gasteiger partial charge in [-0.2, -0.15) is 0 Å². The number of rotatable bonds is 2. The number of carbonyl (C=O) groups is 1. The summed E-state index contributed by atoms with van der Waals surface area (Å²) < 4.78 is 40.8. The van der Waals surface area contributed by atoms with Gasteiger partial charge in [-0.15, -0.1) is 0 Å². The Morgan fingerprint density at radius 1 is 1.00 bits per heavy atom. The lowest BCUT2D eigenvalue weighted by atomic mass is 9.82. The van der Waals surface area contributed by atoms with Gasteiger partial charge in [0.15, 0.2) is 17.5 Å². The van der Waals surface area contributed by atoms with E-state index in [4.69, 9.17) is 0 Å². The lowest BCUT2D eigenvalue weighted by molar-refractivity contribution is 0.0635. The fraction of sp³-hybridized carbons (Fsp3) is 0.286. The second kappa shape index (κ2) is 6.86. The number of aromatic amines is 2. The summed E-state index contributed by atoms with van der Waals surface area (Å²) in [6.45, 7) is 3.89. The number of nitrogens with one attached hydrogen (secondary N) is 2. The summed E-state index contributed by atoms with van der Waals surface area (Å²) in [6, 6.07) is 6.45. The highest BCUT2D eigenvalue weighted by Gasteiger charge is 2.45. The zero-order valence-electron chi connectivity index (χ0n) is 16.2. The summed E-state index contributed by atoms with van der Waals surface area (Å²) in [5.74, 6) is -4.79. The first-order valence-electron chi connectivity index (χ1n) is 9.32. The maximum absolute atomic E-state index is 13.7. The van der Waals surface area contributed by atoms with Crippen molar-refractivity contribution in [3.05, 3.63) is 79.6 Å². The molecule has 6 nitrogen and oxygen atoms in total. The van der Waals surface area contributed by atoms with Crippen molar-refractivity contribution in [2.45, 2.75) is 31.7 Å². The van der Waals surface area contributed by atoms with Gasteiger partial charge in [0.2, 0.25) is 0 Å². The van der Waals surface area contributed by atoms with E-state index < -0.39 is 40.0 Å². The van der Waals surface area contributed by atoms with Crippen LogP contribution in [0.15, 0.2) is 39.9 Å². The molecular formula is C21H18F3N3O3. The van der Waals surface area contributed by atoms with Crippen LogP contribution in [-0.4, -0.2) is 32.9 Å². The van der Waals surface area contributed by atoms with Gasteiger partial charge in [-0.25, -0.2) is 13.2 Å². The van der Waals surface area contributed by atoms with Crippen LogP contribution >= 0.6 is 0 Å². The van der Waals surface area contributed by atoms with Gasteiger partial charge >= 0.3 is 11.1 Å². The Balaban J connectivity index is 1.69. The number of nitrogens with zero attached hydrogens (tertiary/aromatic N) is 1. The molecule has 2 heterocycles. The first kappa shape index (κ1) is 19.9. The van der Waals surface area contributed by atoms with Crippen molar-refractivity contribution < 1.29 is 18.0 Å². The first-order chi connectivity index (χ1) is 14.1. The van der Waals surface area contributed by atoms with Gasteiger partial charge in [-0.1, -0.05) is 0 Å². The molecule has 1 atom stereocenters. The highest BCUT2D eigenvalue weighted by Crippen LogP contribution is 2.43. The molecule has 156 valence electrons. The van der Waals surface area contributed by atoms with Gasteiger partial charge in [0, 0.05) is 23.6 Å². The van der Waals surface area contributed by atoms with E-state index in [1.165, 1.54) is 18.2 Å². The van der Waals surface area contributed by atoms with Gasteiger partial charge in [0.05, 0.1) is 11.0 Å². The Kier molecular flexibility index (Phi) is 4.56. The third kappa shape index (κ3) is 3.10. The van der Waals surface area contributed by atoms with E-state index in [0.29, 0.717) is 24.0 Å². The standard InChI is InChI=1S/C21H18F3N3O3/c1-21(2)12(11-7-13(22)17(24)14(23)8-11)5-6-27(21)20(30)10-3-4-15-16(9-10)26-19(29)18(28)25-15/h3-4,7-9,12H,5-6H2,1-2H3,(H,25,28)(H,26,29). The number of H-pyrrole nitrogens is 2. The van der Waals surface area contributed by atoms with Gasteiger partial charge in [-0.3, -0.25) is 14.4 Å².